The third-order valence-corrected chi connectivity index (χ3v) is 4.79. The fourth-order valence-electron chi connectivity index (χ4n) is 2.16. The number of hydrogen-bond acceptors (Lipinski definition) is 3. The summed E-state index contributed by atoms with van der Waals surface area (Å²) in [5.41, 5.74) is 3.64. The van der Waals surface area contributed by atoms with Gasteiger partial charge in [-0.3, -0.25) is 5.84 Å². The number of sulfonamides is 1. The average molecular weight is 254 g/mol. The van der Waals surface area contributed by atoms with Crippen LogP contribution in [-0.2, 0) is 10.0 Å². The normalized spacial score (nSPS) is 24.2. The Morgan fingerprint density at radius 2 is 2.06 bits per heavy atom. The first kappa shape index (κ1) is 12.5. The van der Waals surface area contributed by atoms with E-state index < -0.39 is 10.0 Å². The van der Waals surface area contributed by atoms with E-state index in [2.05, 4.69) is 6.92 Å². The summed E-state index contributed by atoms with van der Waals surface area (Å²) in [5.74, 6) is 5.70. The molecule has 0 aromatic heterocycles. The predicted molar refractivity (Wildman–Crippen MR) is 68.1 cm³/mol. The molecule has 0 bridgehead atoms. The van der Waals surface area contributed by atoms with Crippen molar-refractivity contribution < 1.29 is 8.42 Å². The van der Waals surface area contributed by atoms with Crippen LogP contribution in [0.15, 0.2) is 33.8 Å². The van der Waals surface area contributed by atoms with Gasteiger partial charge >= 0.3 is 0 Å². The van der Waals surface area contributed by atoms with Gasteiger partial charge in [-0.1, -0.05) is 11.6 Å². The topological polar surface area (TPSA) is 72.2 Å². The van der Waals surface area contributed by atoms with Crippen molar-refractivity contribution in [3.05, 3.63) is 33.8 Å². The Bertz CT molecular complexity index is 523. The van der Waals surface area contributed by atoms with Crippen LogP contribution in [0.5, 0.6) is 0 Å². The number of nitrogens with two attached hydrogens (primary N) is 1. The van der Waals surface area contributed by atoms with E-state index in [9.17, 15) is 8.42 Å². The molecule has 0 amide bonds. The van der Waals surface area contributed by atoms with Crippen LogP contribution < -0.4 is 10.7 Å². The number of hydrazine groups is 1. The summed E-state index contributed by atoms with van der Waals surface area (Å²) in [4.78, 5) is 2.23. The number of nitrogens with one attached hydrogen (secondary N) is 1. The Morgan fingerprint density at radius 3 is 2.59 bits per heavy atom. The first-order chi connectivity index (χ1) is 7.95. The Balaban J connectivity index is 2.35. The van der Waals surface area contributed by atoms with Gasteiger partial charge < -0.3 is 0 Å². The monoisotopic (exact) mass is 254 g/mol. The molecule has 1 saturated carbocycles. The maximum Gasteiger partial charge on any atom is 0.249 e. The van der Waals surface area contributed by atoms with E-state index >= 15 is 0 Å². The highest BCUT2D eigenvalue weighted by Crippen LogP contribution is 2.41. The van der Waals surface area contributed by atoms with E-state index in [0.29, 0.717) is 17.2 Å². The Labute approximate surface area is 102 Å². The van der Waals surface area contributed by atoms with E-state index in [1.165, 1.54) is 18.4 Å². The van der Waals surface area contributed by atoms with E-state index in [1.54, 1.807) is 6.08 Å². The molecule has 1 fully saturated rings. The molecule has 4 nitrogen and oxygen atoms in total. The lowest BCUT2D eigenvalue weighted by molar-refractivity contribution is 0.589. The largest absolute Gasteiger partial charge is 0.257 e. The van der Waals surface area contributed by atoms with Gasteiger partial charge in [-0.15, -0.1) is 0 Å². The molecule has 0 aliphatic heterocycles. The fraction of sp³-hybridized carbons (Fsp3) is 0.500. The second-order valence-electron chi connectivity index (χ2n) is 4.72. The van der Waals surface area contributed by atoms with Crippen molar-refractivity contribution in [2.45, 2.75) is 33.1 Å². The van der Waals surface area contributed by atoms with E-state index in [4.69, 9.17) is 5.84 Å². The summed E-state index contributed by atoms with van der Waals surface area (Å²) in [6, 6.07) is 0. The van der Waals surface area contributed by atoms with Gasteiger partial charge in [0.25, 0.3) is 0 Å². The van der Waals surface area contributed by atoms with Crippen LogP contribution in [0.4, 0.5) is 0 Å². The summed E-state index contributed by atoms with van der Waals surface area (Å²) in [7, 11) is -3.51. The minimum absolute atomic E-state index is 0.348. The van der Waals surface area contributed by atoms with Crippen LogP contribution in [0.3, 0.4) is 0 Å². The smallest absolute Gasteiger partial charge is 0.249 e. The SMILES string of the molecule is CC1=CC=C(S(=O)(=O)NN)CC1=C(C)C1CC1. The van der Waals surface area contributed by atoms with Crippen LogP contribution in [0.2, 0.25) is 0 Å². The molecule has 17 heavy (non-hydrogen) atoms. The molecule has 2 rings (SSSR count). The van der Waals surface area contributed by atoms with Crippen molar-refractivity contribution in [2.24, 2.45) is 11.8 Å². The quantitative estimate of drug-likeness (QED) is 0.595. The lowest BCUT2D eigenvalue weighted by atomic mass is 9.93. The average Bonchev–Trinajstić information content (AvgIpc) is 3.12. The minimum atomic E-state index is -3.51. The zero-order valence-corrected chi connectivity index (χ0v) is 11.0. The zero-order chi connectivity index (χ0) is 12.6. The van der Waals surface area contributed by atoms with Crippen molar-refractivity contribution >= 4 is 10.0 Å². The third kappa shape index (κ3) is 2.51. The first-order valence-electron chi connectivity index (χ1n) is 5.75. The van der Waals surface area contributed by atoms with Crippen molar-refractivity contribution in [2.75, 3.05) is 0 Å². The molecule has 2 aliphatic rings. The van der Waals surface area contributed by atoms with Crippen LogP contribution in [0.1, 0.15) is 33.1 Å². The highest BCUT2D eigenvalue weighted by Gasteiger charge is 2.28. The van der Waals surface area contributed by atoms with E-state index in [1.807, 2.05) is 17.8 Å². The van der Waals surface area contributed by atoms with Crippen LogP contribution in [-0.4, -0.2) is 8.42 Å². The summed E-state index contributed by atoms with van der Waals surface area (Å²) in [6.07, 6.45) is 6.40. The molecule has 0 atom stereocenters. The molecule has 0 heterocycles. The lowest BCUT2D eigenvalue weighted by Crippen LogP contribution is -2.31. The fourth-order valence-corrected chi connectivity index (χ4v) is 2.90. The molecule has 0 spiro atoms. The van der Waals surface area contributed by atoms with Gasteiger partial charge in [0.1, 0.15) is 0 Å². The van der Waals surface area contributed by atoms with Crippen LogP contribution in [0.25, 0.3) is 0 Å². The van der Waals surface area contributed by atoms with Gasteiger partial charge in [0, 0.05) is 6.42 Å². The Morgan fingerprint density at radius 1 is 1.41 bits per heavy atom. The van der Waals surface area contributed by atoms with Gasteiger partial charge in [0.05, 0.1) is 4.91 Å². The molecule has 0 radical (unpaired) electrons. The lowest BCUT2D eigenvalue weighted by Gasteiger charge is -2.18. The molecule has 2 aliphatic carbocycles. The van der Waals surface area contributed by atoms with Crippen molar-refractivity contribution in [3.63, 3.8) is 0 Å². The van der Waals surface area contributed by atoms with Crippen molar-refractivity contribution in [1.29, 1.82) is 0 Å². The summed E-state index contributed by atoms with van der Waals surface area (Å²) >= 11 is 0. The third-order valence-electron chi connectivity index (χ3n) is 3.51. The molecule has 3 N–H and O–H groups in total. The highest BCUT2D eigenvalue weighted by molar-refractivity contribution is 7.93. The van der Waals surface area contributed by atoms with Gasteiger partial charge in [-0.25, -0.2) is 8.42 Å². The standard InChI is InChI=1S/C12H18N2O2S/c1-8-3-6-11(17(15,16)14-13)7-12(8)9(2)10-4-5-10/h3,6,10,14H,4-5,7,13H2,1-2H3. The predicted octanol–water partition coefficient (Wildman–Crippen LogP) is 1.74. The maximum absolute atomic E-state index is 11.7. The molecule has 0 unspecified atom stereocenters. The zero-order valence-electron chi connectivity index (χ0n) is 10.2. The van der Waals surface area contributed by atoms with Gasteiger partial charge in [0.15, 0.2) is 0 Å². The Kier molecular flexibility index (Phi) is 3.25. The molecular formula is C12H18N2O2S. The maximum atomic E-state index is 11.7. The molecule has 0 saturated heterocycles. The second-order valence-corrected chi connectivity index (χ2v) is 6.48. The van der Waals surface area contributed by atoms with Gasteiger partial charge in [0.2, 0.25) is 10.0 Å². The second kappa shape index (κ2) is 4.40. The summed E-state index contributed by atoms with van der Waals surface area (Å²) < 4.78 is 23.3. The van der Waals surface area contributed by atoms with E-state index in [0.717, 1.165) is 11.1 Å². The molecular weight excluding hydrogens is 236 g/mol. The van der Waals surface area contributed by atoms with Gasteiger partial charge in [-0.05, 0) is 49.8 Å². The van der Waals surface area contributed by atoms with E-state index in [-0.39, 0.29) is 0 Å². The molecule has 5 heteroatoms. The molecule has 0 aromatic carbocycles. The number of rotatable bonds is 3. The summed E-state index contributed by atoms with van der Waals surface area (Å²) in [6.45, 7) is 4.13. The van der Waals surface area contributed by atoms with Crippen molar-refractivity contribution in [1.82, 2.24) is 4.83 Å². The number of allylic oxidation sites excluding steroid dienone is 6. The summed E-state index contributed by atoms with van der Waals surface area (Å²) in [5, 5.41) is 0. The molecule has 94 valence electrons. The molecule has 0 aromatic rings. The van der Waals surface area contributed by atoms with Crippen LogP contribution >= 0.6 is 0 Å². The van der Waals surface area contributed by atoms with Crippen LogP contribution in [0, 0.1) is 5.92 Å². The van der Waals surface area contributed by atoms with Gasteiger partial charge in [-0.2, -0.15) is 4.83 Å². The minimum Gasteiger partial charge on any atom is -0.257 e. The Hall–Kier alpha value is -0.910. The highest BCUT2D eigenvalue weighted by atomic mass is 32.2. The number of hydrogen-bond donors (Lipinski definition) is 2. The first-order valence-corrected chi connectivity index (χ1v) is 7.24. The van der Waals surface area contributed by atoms with Crippen molar-refractivity contribution in [3.8, 4) is 0 Å².